The molecule has 0 saturated heterocycles. The highest BCUT2D eigenvalue weighted by Crippen LogP contribution is 2.64. The Balaban J connectivity index is 1.71. The van der Waals surface area contributed by atoms with Crippen LogP contribution in [0.1, 0.15) is 29.3 Å². The third-order valence-electron chi connectivity index (χ3n) is 4.14. The van der Waals surface area contributed by atoms with Crippen molar-refractivity contribution in [3.8, 4) is 5.75 Å². The van der Waals surface area contributed by atoms with Crippen LogP contribution in [0.3, 0.4) is 0 Å². The van der Waals surface area contributed by atoms with E-state index in [2.05, 4.69) is 0 Å². The van der Waals surface area contributed by atoms with Gasteiger partial charge in [0.2, 0.25) is 0 Å². The molecule has 1 fully saturated rings. The maximum Gasteiger partial charge on any atom is 0.320 e. The summed E-state index contributed by atoms with van der Waals surface area (Å²) in [5.74, 6) is -0.863. The minimum atomic E-state index is -1.09. The summed E-state index contributed by atoms with van der Waals surface area (Å²) in [6.45, 7) is 1.64. The largest absolute Gasteiger partial charge is 0.426 e. The lowest BCUT2D eigenvalue weighted by Gasteiger charge is -2.11. The second kappa shape index (κ2) is 5.87. The summed E-state index contributed by atoms with van der Waals surface area (Å²) in [4.78, 5) is 24.4. The number of carbonyl (C=O) groups is 2. The number of rotatable bonds is 4. The standard InChI is InChI=1S/C18H13Cl2FO3/c1-17(10-18(17,19)20)16(23)24-14-8-4-12(5-9-14)15(22)11-2-6-13(21)7-3-11/h2-9H,10H2,1H3. The van der Waals surface area contributed by atoms with Gasteiger partial charge in [0.25, 0.3) is 0 Å². The molecular formula is C18H13Cl2FO3. The highest BCUT2D eigenvalue weighted by atomic mass is 35.5. The second-order valence-electron chi connectivity index (χ2n) is 5.96. The predicted molar refractivity (Wildman–Crippen MR) is 89.1 cm³/mol. The zero-order valence-corrected chi connectivity index (χ0v) is 14.2. The average molecular weight is 367 g/mol. The molecule has 3 nitrogen and oxygen atoms in total. The normalized spacial score (nSPS) is 21.2. The fraction of sp³-hybridized carbons (Fsp3) is 0.222. The molecule has 1 atom stereocenters. The first-order chi connectivity index (χ1) is 11.2. The SMILES string of the molecule is CC1(C(=O)Oc2ccc(C(=O)c3ccc(F)cc3)cc2)CC1(Cl)Cl. The summed E-state index contributed by atoms with van der Waals surface area (Å²) in [6, 6.07) is 11.4. The molecule has 0 N–H and O–H groups in total. The van der Waals surface area contributed by atoms with Gasteiger partial charge in [-0.2, -0.15) is 0 Å². The van der Waals surface area contributed by atoms with Crippen LogP contribution in [0.4, 0.5) is 4.39 Å². The number of esters is 1. The molecule has 0 spiro atoms. The smallest absolute Gasteiger partial charge is 0.320 e. The summed E-state index contributed by atoms with van der Waals surface area (Å²) in [7, 11) is 0. The van der Waals surface area contributed by atoms with E-state index < -0.39 is 21.5 Å². The van der Waals surface area contributed by atoms with Gasteiger partial charge in [0, 0.05) is 17.5 Å². The molecule has 0 aromatic heterocycles. The van der Waals surface area contributed by atoms with Crippen molar-refractivity contribution in [2.24, 2.45) is 5.41 Å². The minimum Gasteiger partial charge on any atom is -0.426 e. The maximum atomic E-state index is 12.9. The molecule has 124 valence electrons. The Hall–Kier alpha value is -1.91. The third kappa shape index (κ3) is 3.04. The highest BCUT2D eigenvalue weighted by Gasteiger charge is 2.69. The fourth-order valence-corrected chi connectivity index (χ4v) is 2.97. The van der Waals surface area contributed by atoms with Gasteiger partial charge in [-0.05, 0) is 55.5 Å². The van der Waals surface area contributed by atoms with Crippen LogP contribution in [-0.4, -0.2) is 16.1 Å². The fourth-order valence-electron chi connectivity index (χ4n) is 2.28. The van der Waals surface area contributed by atoms with E-state index in [0.29, 0.717) is 23.3 Å². The van der Waals surface area contributed by atoms with Gasteiger partial charge in [-0.15, -0.1) is 23.2 Å². The number of carbonyl (C=O) groups excluding carboxylic acids is 2. The van der Waals surface area contributed by atoms with Crippen LogP contribution in [0.25, 0.3) is 0 Å². The summed E-state index contributed by atoms with van der Waals surface area (Å²) >= 11 is 11.9. The molecule has 0 radical (unpaired) electrons. The lowest BCUT2D eigenvalue weighted by atomic mass is 10.0. The Kier molecular flexibility index (Phi) is 4.14. The Morgan fingerprint density at radius 3 is 1.92 bits per heavy atom. The Bertz CT molecular complexity index is 800. The van der Waals surface area contributed by atoms with Crippen molar-refractivity contribution >= 4 is 35.0 Å². The van der Waals surface area contributed by atoms with E-state index in [-0.39, 0.29) is 5.78 Å². The van der Waals surface area contributed by atoms with Crippen LogP contribution in [0.5, 0.6) is 5.75 Å². The molecule has 0 bridgehead atoms. The van der Waals surface area contributed by atoms with Crippen molar-refractivity contribution in [3.05, 3.63) is 65.5 Å². The van der Waals surface area contributed by atoms with Gasteiger partial charge >= 0.3 is 5.97 Å². The quantitative estimate of drug-likeness (QED) is 0.345. The van der Waals surface area contributed by atoms with Gasteiger partial charge in [-0.3, -0.25) is 9.59 Å². The van der Waals surface area contributed by atoms with Gasteiger partial charge < -0.3 is 4.74 Å². The van der Waals surface area contributed by atoms with E-state index in [9.17, 15) is 14.0 Å². The molecule has 0 amide bonds. The van der Waals surface area contributed by atoms with Crippen LogP contribution in [0.15, 0.2) is 48.5 Å². The van der Waals surface area contributed by atoms with E-state index in [1.165, 1.54) is 48.5 Å². The van der Waals surface area contributed by atoms with Crippen LogP contribution in [0.2, 0.25) is 0 Å². The Morgan fingerprint density at radius 2 is 1.46 bits per heavy atom. The lowest BCUT2D eigenvalue weighted by molar-refractivity contribution is -0.139. The van der Waals surface area contributed by atoms with Crippen molar-refractivity contribution < 1.29 is 18.7 Å². The van der Waals surface area contributed by atoms with Crippen LogP contribution in [-0.2, 0) is 4.79 Å². The van der Waals surface area contributed by atoms with Crippen LogP contribution < -0.4 is 4.74 Å². The number of hydrogen-bond donors (Lipinski definition) is 0. The predicted octanol–water partition coefficient (Wildman–Crippen LogP) is 4.55. The zero-order valence-electron chi connectivity index (χ0n) is 12.7. The molecule has 2 aromatic rings. The first-order valence-corrected chi connectivity index (χ1v) is 7.99. The van der Waals surface area contributed by atoms with E-state index in [0.717, 1.165) is 0 Å². The number of halogens is 3. The van der Waals surface area contributed by atoms with Gasteiger partial charge in [0.1, 0.15) is 21.3 Å². The third-order valence-corrected chi connectivity index (χ3v) is 5.24. The molecule has 1 unspecified atom stereocenters. The maximum absolute atomic E-state index is 12.9. The number of benzene rings is 2. The van der Waals surface area contributed by atoms with Crippen molar-refractivity contribution in [2.75, 3.05) is 0 Å². The number of alkyl halides is 2. The second-order valence-corrected chi connectivity index (χ2v) is 7.45. The zero-order chi connectivity index (χ0) is 17.5. The van der Waals surface area contributed by atoms with Gasteiger partial charge in [-0.1, -0.05) is 0 Å². The van der Waals surface area contributed by atoms with Gasteiger partial charge in [-0.25, -0.2) is 4.39 Å². The van der Waals surface area contributed by atoms with E-state index >= 15 is 0 Å². The molecule has 3 rings (SSSR count). The molecule has 1 aliphatic rings. The lowest BCUT2D eigenvalue weighted by Crippen LogP contribution is -2.23. The average Bonchev–Trinajstić information content (AvgIpc) is 3.08. The van der Waals surface area contributed by atoms with E-state index in [1.807, 2.05) is 0 Å². The van der Waals surface area contributed by atoms with Crippen molar-refractivity contribution in [1.29, 1.82) is 0 Å². The van der Waals surface area contributed by atoms with Crippen LogP contribution in [0, 0.1) is 11.2 Å². The minimum absolute atomic E-state index is 0.248. The molecule has 0 heterocycles. The molecule has 1 aliphatic carbocycles. The van der Waals surface area contributed by atoms with Crippen LogP contribution >= 0.6 is 23.2 Å². The van der Waals surface area contributed by atoms with E-state index in [1.54, 1.807) is 6.92 Å². The summed E-state index contributed by atoms with van der Waals surface area (Å²) in [5, 5.41) is 0. The van der Waals surface area contributed by atoms with Gasteiger partial charge in [0.05, 0.1) is 0 Å². The van der Waals surface area contributed by atoms with Crippen molar-refractivity contribution in [1.82, 2.24) is 0 Å². The molecular weight excluding hydrogens is 354 g/mol. The molecule has 2 aromatic carbocycles. The molecule has 0 aliphatic heterocycles. The number of ketones is 1. The summed E-state index contributed by atoms with van der Waals surface area (Å²) in [6.07, 6.45) is 0.336. The van der Waals surface area contributed by atoms with Crippen molar-refractivity contribution in [3.63, 3.8) is 0 Å². The molecule has 6 heteroatoms. The number of hydrogen-bond acceptors (Lipinski definition) is 3. The monoisotopic (exact) mass is 366 g/mol. The van der Waals surface area contributed by atoms with Gasteiger partial charge in [0.15, 0.2) is 5.78 Å². The summed E-state index contributed by atoms with van der Waals surface area (Å²) in [5.41, 5.74) is -0.137. The molecule has 1 saturated carbocycles. The first kappa shape index (κ1) is 16.9. The van der Waals surface area contributed by atoms with E-state index in [4.69, 9.17) is 27.9 Å². The van der Waals surface area contributed by atoms with Crippen molar-refractivity contribution in [2.45, 2.75) is 17.7 Å². The number of ether oxygens (including phenoxy) is 1. The Labute approximate surface area is 148 Å². The topological polar surface area (TPSA) is 43.4 Å². The summed E-state index contributed by atoms with van der Waals surface area (Å²) < 4.78 is 17.1. The Morgan fingerprint density at radius 1 is 1.00 bits per heavy atom. The first-order valence-electron chi connectivity index (χ1n) is 7.23. The highest BCUT2D eigenvalue weighted by molar-refractivity contribution is 6.53. The molecule has 24 heavy (non-hydrogen) atoms.